The minimum atomic E-state index is -0.896. The van der Waals surface area contributed by atoms with Crippen LogP contribution in [0.15, 0.2) is 42.5 Å². The zero-order valence-corrected chi connectivity index (χ0v) is 16.1. The van der Waals surface area contributed by atoms with Gasteiger partial charge < -0.3 is 15.5 Å². The number of rotatable bonds is 8. The van der Waals surface area contributed by atoms with Crippen molar-refractivity contribution < 1.29 is 15.0 Å². The van der Waals surface area contributed by atoms with Gasteiger partial charge in [-0.15, -0.1) is 0 Å². The van der Waals surface area contributed by atoms with E-state index in [0.29, 0.717) is 5.56 Å². The number of carboxylic acids is 1. The summed E-state index contributed by atoms with van der Waals surface area (Å²) in [7, 11) is 0. The summed E-state index contributed by atoms with van der Waals surface area (Å²) in [5.41, 5.74) is 4.35. The fraction of sp³-hybridized carbons (Fsp3) is 0.435. The number of aliphatic hydroxyl groups excluding tert-OH is 1. The van der Waals surface area contributed by atoms with Crippen LogP contribution in [0.3, 0.4) is 0 Å². The van der Waals surface area contributed by atoms with Crippen LogP contribution >= 0.6 is 0 Å². The van der Waals surface area contributed by atoms with Crippen LogP contribution in [-0.2, 0) is 6.42 Å². The number of carbonyl (C=O) groups is 1. The second kappa shape index (κ2) is 8.57. The lowest BCUT2D eigenvalue weighted by atomic mass is 9.84. The average molecular weight is 367 g/mol. The second-order valence-corrected chi connectivity index (χ2v) is 7.57. The van der Waals surface area contributed by atoms with Gasteiger partial charge in [-0.2, -0.15) is 0 Å². The van der Waals surface area contributed by atoms with E-state index >= 15 is 0 Å². The Morgan fingerprint density at radius 2 is 1.96 bits per heavy atom. The molecule has 2 aromatic carbocycles. The quantitative estimate of drug-likeness (QED) is 0.629. The minimum Gasteiger partial charge on any atom is -0.478 e. The smallest absolute Gasteiger partial charge is 0.335 e. The molecule has 3 N–H and O–H groups in total. The molecule has 2 aromatic rings. The van der Waals surface area contributed by atoms with Crippen LogP contribution in [0.2, 0.25) is 0 Å². The summed E-state index contributed by atoms with van der Waals surface area (Å²) in [6.07, 6.45) is 4.13. The van der Waals surface area contributed by atoms with Gasteiger partial charge in [-0.05, 0) is 55.0 Å². The molecule has 0 amide bonds. The van der Waals surface area contributed by atoms with Crippen LogP contribution in [0.1, 0.15) is 65.6 Å². The predicted octanol–water partition coefficient (Wildman–Crippen LogP) is 4.75. The molecule has 27 heavy (non-hydrogen) atoms. The molecule has 3 rings (SSSR count). The molecule has 1 aliphatic rings. The van der Waals surface area contributed by atoms with Crippen molar-refractivity contribution >= 4 is 11.7 Å². The number of aromatic carboxylic acids is 1. The van der Waals surface area contributed by atoms with E-state index in [1.807, 2.05) is 37.3 Å². The van der Waals surface area contributed by atoms with Crippen molar-refractivity contribution in [1.82, 2.24) is 0 Å². The van der Waals surface area contributed by atoms with Gasteiger partial charge in [-0.25, -0.2) is 4.79 Å². The molecule has 0 fully saturated rings. The molecule has 3 atom stereocenters. The molecule has 3 unspecified atom stereocenters. The van der Waals surface area contributed by atoms with Gasteiger partial charge in [-0.3, -0.25) is 0 Å². The Balaban J connectivity index is 1.88. The maximum absolute atomic E-state index is 11.6. The molecule has 144 valence electrons. The first kappa shape index (κ1) is 19.4. The predicted molar refractivity (Wildman–Crippen MR) is 109 cm³/mol. The van der Waals surface area contributed by atoms with E-state index in [9.17, 15) is 15.0 Å². The number of aryl methyl sites for hydroxylation is 2. The third-order valence-corrected chi connectivity index (χ3v) is 5.64. The molecule has 4 heteroatoms. The van der Waals surface area contributed by atoms with Crippen LogP contribution in [0.5, 0.6) is 0 Å². The number of nitrogens with one attached hydrogen (secondary N) is 1. The highest BCUT2D eigenvalue weighted by molar-refractivity contribution is 5.91. The summed E-state index contributed by atoms with van der Waals surface area (Å²) >= 11 is 0. The van der Waals surface area contributed by atoms with Crippen LogP contribution < -0.4 is 5.32 Å². The number of hydrogen-bond donors (Lipinski definition) is 3. The molecule has 1 aliphatic heterocycles. The Hall–Kier alpha value is -2.33. The van der Waals surface area contributed by atoms with Crippen molar-refractivity contribution in [1.29, 1.82) is 0 Å². The molecular formula is C23H29NO3. The number of unbranched alkanes of at least 4 members (excludes halogenated alkanes) is 1. The summed E-state index contributed by atoms with van der Waals surface area (Å²) < 4.78 is 0. The lowest BCUT2D eigenvalue weighted by molar-refractivity contribution is 0.0696. The summed E-state index contributed by atoms with van der Waals surface area (Å²) in [6.45, 7) is 3.95. The fourth-order valence-corrected chi connectivity index (χ4v) is 4.12. The van der Waals surface area contributed by atoms with Gasteiger partial charge in [0.25, 0.3) is 0 Å². The van der Waals surface area contributed by atoms with E-state index < -0.39 is 12.1 Å². The first-order valence-electron chi connectivity index (χ1n) is 9.87. The SMILES string of the molecule is CCCCC(O)C1Nc2cc(C)c(C(=O)O)cc2C1CCc1ccccc1. The number of anilines is 1. The molecule has 0 bridgehead atoms. The Kier molecular flexibility index (Phi) is 6.17. The van der Waals surface area contributed by atoms with Crippen molar-refractivity contribution in [2.24, 2.45) is 0 Å². The highest BCUT2D eigenvalue weighted by atomic mass is 16.4. The number of hydrogen-bond acceptors (Lipinski definition) is 3. The van der Waals surface area contributed by atoms with Crippen molar-refractivity contribution in [3.63, 3.8) is 0 Å². The number of carboxylic acid groups (broad SMARTS) is 1. The van der Waals surface area contributed by atoms with Crippen LogP contribution in [-0.4, -0.2) is 28.3 Å². The number of fused-ring (bicyclic) bond motifs is 1. The zero-order chi connectivity index (χ0) is 19.4. The molecule has 0 saturated heterocycles. The van der Waals surface area contributed by atoms with E-state index in [1.54, 1.807) is 0 Å². The lowest BCUT2D eigenvalue weighted by Crippen LogP contribution is -2.35. The maximum Gasteiger partial charge on any atom is 0.335 e. The zero-order valence-electron chi connectivity index (χ0n) is 16.1. The maximum atomic E-state index is 11.6. The normalized spacial score (nSPS) is 19.4. The highest BCUT2D eigenvalue weighted by Gasteiger charge is 2.37. The van der Waals surface area contributed by atoms with E-state index in [0.717, 1.165) is 48.9 Å². The first-order valence-corrected chi connectivity index (χ1v) is 9.87. The van der Waals surface area contributed by atoms with Crippen molar-refractivity contribution in [3.8, 4) is 0 Å². The van der Waals surface area contributed by atoms with Gasteiger partial charge in [0.1, 0.15) is 0 Å². The van der Waals surface area contributed by atoms with Crippen LogP contribution in [0.25, 0.3) is 0 Å². The average Bonchev–Trinajstić information content (AvgIpc) is 3.01. The third kappa shape index (κ3) is 4.33. The van der Waals surface area contributed by atoms with Gasteiger partial charge in [0.15, 0.2) is 0 Å². The molecule has 0 radical (unpaired) electrons. The summed E-state index contributed by atoms with van der Waals surface area (Å²) in [4.78, 5) is 11.6. The largest absolute Gasteiger partial charge is 0.478 e. The summed E-state index contributed by atoms with van der Waals surface area (Å²) in [5, 5.41) is 23.8. The second-order valence-electron chi connectivity index (χ2n) is 7.57. The molecule has 1 heterocycles. The Labute approximate surface area is 161 Å². The van der Waals surface area contributed by atoms with Gasteiger partial charge >= 0.3 is 5.97 Å². The van der Waals surface area contributed by atoms with Crippen LogP contribution in [0.4, 0.5) is 5.69 Å². The Morgan fingerprint density at radius 3 is 2.63 bits per heavy atom. The van der Waals surface area contributed by atoms with Gasteiger partial charge in [0.05, 0.1) is 17.7 Å². The van der Waals surface area contributed by atoms with Crippen molar-refractivity contribution in [2.75, 3.05) is 5.32 Å². The van der Waals surface area contributed by atoms with Crippen molar-refractivity contribution in [2.45, 2.75) is 64.0 Å². The molecule has 0 aromatic heterocycles. The summed E-state index contributed by atoms with van der Waals surface area (Å²) in [6, 6.07) is 14.0. The Morgan fingerprint density at radius 1 is 1.22 bits per heavy atom. The number of aliphatic hydroxyl groups is 1. The third-order valence-electron chi connectivity index (χ3n) is 5.64. The van der Waals surface area contributed by atoms with Gasteiger partial charge in [0.2, 0.25) is 0 Å². The van der Waals surface area contributed by atoms with Crippen molar-refractivity contribution in [3.05, 3.63) is 64.7 Å². The lowest BCUT2D eigenvalue weighted by Gasteiger charge is -2.26. The standard InChI is InChI=1S/C23H29NO3/c1-3-4-10-21(25)22-17(12-11-16-8-6-5-7-9-16)19-14-18(23(26)27)15(2)13-20(19)24-22/h5-9,13-14,17,21-22,24-25H,3-4,10-12H2,1-2H3,(H,26,27). The molecule has 4 nitrogen and oxygen atoms in total. The summed E-state index contributed by atoms with van der Waals surface area (Å²) in [5.74, 6) is -0.794. The van der Waals surface area contributed by atoms with E-state index in [-0.39, 0.29) is 12.0 Å². The highest BCUT2D eigenvalue weighted by Crippen LogP contribution is 2.42. The van der Waals surface area contributed by atoms with Crippen LogP contribution in [0, 0.1) is 6.92 Å². The number of benzene rings is 2. The Bertz CT molecular complexity index is 788. The molecule has 0 aliphatic carbocycles. The monoisotopic (exact) mass is 367 g/mol. The van der Waals surface area contributed by atoms with E-state index in [2.05, 4.69) is 24.4 Å². The topological polar surface area (TPSA) is 69.6 Å². The minimum absolute atomic E-state index is 0.0706. The first-order chi connectivity index (χ1) is 13.0. The molecular weight excluding hydrogens is 338 g/mol. The fourth-order valence-electron chi connectivity index (χ4n) is 4.12. The van der Waals surface area contributed by atoms with Gasteiger partial charge in [0, 0.05) is 11.6 Å². The van der Waals surface area contributed by atoms with E-state index in [4.69, 9.17) is 0 Å². The van der Waals surface area contributed by atoms with E-state index in [1.165, 1.54) is 5.56 Å². The van der Waals surface area contributed by atoms with Gasteiger partial charge in [-0.1, -0.05) is 50.1 Å². The molecule has 0 saturated carbocycles. The molecule has 0 spiro atoms.